The topological polar surface area (TPSA) is 20.2 Å². The highest BCUT2D eigenvalue weighted by Gasteiger charge is 2.38. The Kier molecular flexibility index (Phi) is 4.22. The molecule has 0 heterocycles. The van der Waals surface area contributed by atoms with Gasteiger partial charge in [-0.2, -0.15) is 0 Å². The Balaban J connectivity index is 1.90. The maximum absolute atomic E-state index is 10.5. The molecule has 1 aromatic rings. The van der Waals surface area contributed by atoms with E-state index in [0.717, 1.165) is 19.3 Å². The second-order valence-corrected chi connectivity index (χ2v) is 5.46. The molecular formula is C16H24O. The van der Waals surface area contributed by atoms with Crippen molar-refractivity contribution in [2.75, 3.05) is 0 Å². The third-order valence-corrected chi connectivity index (χ3v) is 4.56. The Labute approximate surface area is 105 Å². The van der Waals surface area contributed by atoms with Crippen LogP contribution >= 0.6 is 0 Å². The third-order valence-electron chi connectivity index (χ3n) is 4.56. The number of hydrogen-bond acceptors (Lipinski definition) is 1. The van der Waals surface area contributed by atoms with Gasteiger partial charge >= 0.3 is 0 Å². The Morgan fingerprint density at radius 1 is 1.18 bits per heavy atom. The van der Waals surface area contributed by atoms with Crippen LogP contribution in [0.1, 0.15) is 51.0 Å². The quantitative estimate of drug-likeness (QED) is 0.815. The summed E-state index contributed by atoms with van der Waals surface area (Å²) in [6.07, 6.45) is 7.98. The summed E-state index contributed by atoms with van der Waals surface area (Å²) < 4.78 is 0. The zero-order valence-corrected chi connectivity index (χ0v) is 10.9. The molecule has 1 nitrogen and oxygen atoms in total. The molecule has 1 fully saturated rings. The highest BCUT2D eigenvalue weighted by atomic mass is 16.3. The molecule has 1 aliphatic rings. The Morgan fingerprint density at radius 3 is 2.41 bits per heavy atom. The van der Waals surface area contributed by atoms with Gasteiger partial charge in [-0.25, -0.2) is 0 Å². The molecule has 0 bridgehead atoms. The number of aliphatic hydroxyl groups is 1. The summed E-state index contributed by atoms with van der Waals surface area (Å²) in [5, 5.41) is 10.5. The van der Waals surface area contributed by atoms with Gasteiger partial charge in [0.15, 0.2) is 0 Å². The van der Waals surface area contributed by atoms with Crippen molar-refractivity contribution in [3.8, 4) is 0 Å². The van der Waals surface area contributed by atoms with E-state index in [2.05, 4.69) is 31.2 Å². The van der Waals surface area contributed by atoms with Crippen LogP contribution in [0, 0.1) is 5.41 Å². The van der Waals surface area contributed by atoms with Gasteiger partial charge in [-0.3, -0.25) is 0 Å². The molecule has 0 spiro atoms. The number of hydrogen-bond donors (Lipinski definition) is 1. The van der Waals surface area contributed by atoms with Crippen LogP contribution in [0.25, 0.3) is 0 Å². The van der Waals surface area contributed by atoms with Gasteiger partial charge in [0.25, 0.3) is 0 Å². The van der Waals surface area contributed by atoms with E-state index in [4.69, 9.17) is 0 Å². The first-order valence-corrected chi connectivity index (χ1v) is 6.99. The van der Waals surface area contributed by atoms with Crippen LogP contribution in [0.2, 0.25) is 0 Å². The van der Waals surface area contributed by atoms with E-state index in [1.54, 1.807) is 0 Å². The van der Waals surface area contributed by atoms with Gasteiger partial charge in [0, 0.05) is 0 Å². The molecule has 1 atom stereocenters. The van der Waals surface area contributed by atoms with Crippen LogP contribution in [0.3, 0.4) is 0 Å². The lowest BCUT2D eigenvalue weighted by Crippen LogP contribution is -2.32. The average molecular weight is 232 g/mol. The van der Waals surface area contributed by atoms with Gasteiger partial charge < -0.3 is 5.11 Å². The summed E-state index contributed by atoms with van der Waals surface area (Å²) >= 11 is 0. The van der Waals surface area contributed by atoms with E-state index in [1.807, 2.05) is 6.07 Å². The smallest absolute Gasteiger partial charge is 0.0599 e. The van der Waals surface area contributed by atoms with Crippen LogP contribution in [-0.4, -0.2) is 11.2 Å². The number of aryl methyl sites for hydroxylation is 1. The molecule has 1 aliphatic carbocycles. The lowest BCUT2D eigenvalue weighted by atomic mass is 9.76. The highest BCUT2D eigenvalue weighted by molar-refractivity contribution is 5.14. The Hall–Kier alpha value is -0.820. The molecular weight excluding hydrogens is 208 g/mol. The molecule has 1 aromatic carbocycles. The van der Waals surface area contributed by atoms with Gasteiger partial charge in [0.05, 0.1) is 6.10 Å². The molecule has 0 aliphatic heterocycles. The minimum Gasteiger partial charge on any atom is -0.393 e. The first-order chi connectivity index (χ1) is 8.27. The fourth-order valence-corrected chi connectivity index (χ4v) is 3.26. The van der Waals surface area contributed by atoms with Crippen molar-refractivity contribution < 1.29 is 5.11 Å². The fourth-order valence-electron chi connectivity index (χ4n) is 3.26. The van der Waals surface area contributed by atoms with Crippen molar-refractivity contribution in [1.82, 2.24) is 0 Å². The molecule has 1 N–H and O–H groups in total. The van der Waals surface area contributed by atoms with Crippen LogP contribution in [0.5, 0.6) is 0 Å². The summed E-state index contributed by atoms with van der Waals surface area (Å²) in [5.74, 6) is 0. The molecule has 2 rings (SSSR count). The molecule has 94 valence electrons. The lowest BCUT2D eigenvalue weighted by molar-refractivity contribution is 0.0192. The molecule has 17 heavy (non-hydrogen) atoms. The van der Waals surface area contributed by atoms with Crippen molar-refractivity contribution in [3.63, 3.8) is 0 Å². The molecule has 1 unspecified atom stereocenters. The van der Waals surface area contributed by atoms with Gasteiger partial charge in [-0.05, 0) is 43.1 Å². The summed E-state index contributed by atoms with van der Waals surface area (Å²) in [4.78, 5) is 0. The van der Waals surface area contributed by atoms with E-state index in [9.17, 15) is 5.11 Å². The van der Waals surface area contributed by atoms with Crippen LogP contribution in [-0.2, 0) is 6.42 Å². The Bertz CT molecular complexity index is 325. The standard InChI is InChI=1S/C16H24O/c1-2-16(12-6-7-13-16)15(17)11-10-14-8-4-3-5-9-14/h3-5,8-9,15,17H,2,6-7,10-13H2,1H3. The van der Waals surface area contributed by atoms with Crippen molar-refractivity contribution in [2.45, 2.75) is 58.0 Å². The van der Waals surface area contributed by atoms with Crippen molar-refractivity contribution >= 4 is 0 Å². The summed E-state index contributed by atoms with van der Waals surface area (Å²) in [6, 6.07) is 10.5. The Morgan fingerprint density at radius 2 is 1.82 bits per heavy atom. The number of aliphatic hydroxyl groups excluding tert-OH is 1. The van der Waals surface area contributed by atoms with E-state index in [-0.39, 0.29) is 11.5 Å². The van der Waals surface area contributed by atoms with E-state index >= 15 is 0 Å². The zero-order chi connectivity index (χ0) is 12.1. The minimum atomic E-state index is -0.116. The van der Waals surface area contributed by atoms with Crippen molar-refractivity contribution in [1.29, 1.82) is 0 Å². The minimum absolute atomic E-state index is 0.116. The highest BCUT2D eigenvalue weighted by Crippen LogP contribution is 2.44. The van der Waals surface area contributed by atoms with Crippen molar-refractivity contribution in [2.24, 2.45) is 5.41 Å². The average Bonchev–Trinajstić information content (AvgIpc) is 2.87. The molecule has 0 saturated heterocycles. The van der Waals surface area contributed by atoms with Crippen LogP contribution in [0.4, 0.5) is 0 Å². The largest absolute Gasteiger partial charge is 0.393 e. The molecule has 0 amide bonds. The third kappa shape index (κ3) is 2.90. The van der Waals surface area contributed by atoms with Crippen LogP contribution < -0.4 is 0 Å². The normalized spacial score (nSPS) is 20.4. The monoisotopic (exact) mass is 232 g/mol. The predicted octanol–water partition coefficient (Wildman–Crippen LogP) is 3.95. The number of benzene rings is 1. The predicted molar refractivity (Wildman–Crippen MR) is 72.0 cm³/mol. The second-order valence-electron chi connectivity index (χ2n) is 5.46. The maximum Gasteiger partial charge on any atom is 0.0599 e. The summed E-state index contributed by atoms with van der Waals surface area (Å²) in [5.41, 5.74) is 1.57. The zero-order valence-electron chi connectivity index (χ0n) is 10.9. The SMILES string of the molecule is CCC1(C(O)CCc2ccccc2)CCCC1. The lowest BCUT2D eigenvalue weighted by Gasteiger charge is -2.33. The fraction of sp³-hybridized carbons (Fsp3) is 0.625. The van der Waals surface area contributed by atoms with Crippen molar-refractivity contribution in [3.05, 3.63) is 35.9 Å². The van der Waals surface area contributed by atoms with Gasteiger partial charge in [0.2, 0.25) is 0 Å². The first kappa shape index (κ1) is 12.6. The molecule has 1 saturated carbocycles. The second kappa shape index (κ2) is 5.68. The maximum atomic E-state index is 10.5. The van der Waals surface area contributed by atoms with E-state index < -0.39 is 0 Å². The summed E-state index contributed by atoms with van der Waals surface area (Å²) in [6.45, 7) is 2.23. The summed E-state index contributed by atoms with van der Waals surface area (Å²) in [7, 11) is 0. The molecule has 0 radical (unpaired) electrons. The van der Waals surface area contributed by atoms with Gasteiger partial charge in [0.1, 0.15) is 0 Å². The van der Waals surface area contributed by atoms with E-state index in [1.165, 1.54) is 31.2 Å². The van der Waals surface area contributed by atoms with E-state index in [0.29, 0.717) is 0 Å². The van der Waals surface area contributed by atoms with Gasteiger partial charge in [-0.15, -0.1) is 0 Å². The van der Waals surface area contributed by atoms with Crippen LogP contribution in [0.15, 0.2) is 30.3 Å². The first-order valence-electron chi connectivity index (χ1n) is 6.99. The number of rotatable bonds is 5. The van der Waals surface area contributed by atoms with Gasteiger partial charge in [-0.1, -0.05) is 50.1 Å². The molecule has 0 aromatic heterocycles. The molecule has 1 heteroatoms.